The average molecular weight is 245 g/mol. The largest absolute Gasteiger partial charge is 0.385 e. The number of nitrogens with zero attached hydrogens (tertiary/aromatic N) is 1. The number of aliphatic imine (C=N–C) groups is 1. The summed E-state index contributed by atoms with van der Waals surface area (Å²) < 4.78 is 10.1. The second-order valence-electron chi connectivity index (χ2n) is 5.11. The fourth-order valence-electron chi connectivity index (χ4n) is 1.35. The molecule has 0 fully saturated rings. The fourth-order valence-corrected chi connectivity index (χ4v) is 1.35. The van der Waals surface area contributed by atoms with Crippen LogP contribution in [0.25, 0.3) is 0 Å². The lowest BCUT2D eigenvalue weighted by Crippen LogP contribution is -2.41. The highest BCUT2D eigenvalue weighted by Gasteiger charge is 2.17. The third-order valence-corrected chi connectivity index (χ3v) is 2.47. The van der Waals surface area contributed by atoms with Gasteiger partial charge >= 0.3 is 0 Å². The standard InChI is InChI=1S/C12H27N3O2/c1-10(8-17-5)15-11(13)14-9-12(2,3)6-7-16-4/h10H,6-9H2,1-5H3,(H3,13,14,15). The molecule has 1 atom stereocenters. The molecule has 0 aliphatic heterocycles. The highest BCUT2D eigenvalue weighted by Crippen LogP contribution is 2.20. The lowest BCUT2D eigenvalue weighted by atomic mass is 9.90. The van der Waals surface area contributed by atoms with Crippen molar-refractivity contribution in [2.45, 2.75) is 33.2 Å². The van der Waals surface area contributed by atoms with Crippen LogP contribution in [0.3, 0.4) is 0 Å². The van der Waals surface area contributed by atoms with E-state index in [4.69, 9.17) is 15.2 Å². The first kappa shape index (κ1) is 16.2. The molecule has 0 aromatic heterocycles. The zero-order valence-electron chi connectivity index (χ0n) is 11.7. The SMILES string of the molecule is COCCC(C)(C)CN=C(N)NC(C)COC. The Balaban J connectivity index is 4.03. The van der Waals surface area contributed by atoms with Crippen LogP contribution in [0.1, 0.15) is 27.2 Å². The number of rotatable bonds is 8. The van der Waals surface area contributed by atoms with E-state index in [2.05, 4.69) is 24.2 Å². The molecule has 0 heterocycles. The minimum Gasteiger partial charge on any atom is -0.385 e. The van der Waals surface area contributed by atoms with Crippen LogP contribution in [0, 0.1) is 5.41 Å². The molecule has 3 N–H and O–H groups in total. The molecule has 0 aromatic carbocycles. The summed E-state index contributed by atoms with van der Waals surface area (Å²) in [5, 5.41) is 3.08. The summed E-state index contributed by atoms with van der Waals surface area (Å²) in [6.45, 7) is 8.36. The molecule has 0 radical (unpaired) electrons. The predicted molar refractivity (Wildman–Crippen MR) is 71.2 cm³/mol. The molecule has 0 bridgehead atoms. The van der Waals surface area contributed by atoms with Crippen LogP contribution in [-0.4, -0.2) is 46.0 Å². The summed E-state index contributed by atoms with van der Waals surface area (Å²) in [5.41, 5.74) is 5.90. The molecule has 0 spiro atoms. The maximum Gasteiger partial charge on any atom is 0.188 e. The predicted octanol–water partition coefficient (Wildman–Crippen LogP) is 0.988. The van der Waals surface area contributed by atoms with Gasteiger partial charge in [-0.15, -0.1) is 0 Å². The quantitative estimate of drug-likeness (QED) is 0.494. The first-order valence-corrected chi connectivity index (χ1v) is 5.95. The summed E-state index contributed by atoms with van der Waals surface area (Å²) in [5.74, 6) is 0.472. The fraction of sp³-hybridized carbons (Fsp3) is 0.917. The molecular weight excluding hydrogens is 218 g/mol. The molecule has 5 nitrogen and oxygen atoms in total. The molecule has 0 aromatic rings. The van der Waals surface area contributed by atoms with Gasteiger partial charge in [0.2, 0.25) is 0 Å². The van der Waals surface area contributed by atoms with Gasteiger partial charge in [0.25, 0.3) is 0 Å². The summed E-state index contributed by atoms with van der Waals surface area (Å²) in [6.07, 6.45) is 0.966. The van der Waals surface area contributed by atoms with Crippen molar-refractivity contribution >= 4 is 5.96 Å². The van der Waals surface area contributed by atoms with Crippen molar-refractivity contribution in [1.82, 2.24) is 5.32 Å². The van der Waals surface area contributed by atoms with Crippen LogP contribution in [0.15, 0.2) is 4.99 Å². The number of ether oxygens (including phenoxy) is 2. The number of nitrogens with one attached hydrogen (secondary N) is 1. The number of nitrogens with two attached hydrogens (primary N) is 1. The monoisotopic (exact) mass is 245 g/mol. The minimum absolute atomic E-state index is 0.104. The van der Waals surface area contributed by atoms with E-state index >= 15 is 0 Å². The van der Waals surface area contributed by atoms with E-state index in [1.807, 2.05) is 6.92 Å². The average Bonchev–Trinajstić information content (AvgIpc) is 2.24. The molecular formula is C12H27N3O2. The van der Waals surface area contributed by atoms with Gasteiger partial charge in [-0.05, 0) is 18.8 Å². The van der Waals surface area contributed by atoms with Gasteiger partial charge in [0, 0.05) is 33.4 Å². The third-order valence-electron chi connectivity index (χ3n) is 2.47. The second kappa shape index (κ2) is 8.31. The van der Waals surface area contributed by atoms with E-state index in [0.29, 0.717) is 19.1 Å². The summed E-state index contributed by atoms with van der Waals surface area (Å²) in [6, 6.07) is 0.172. The summed E-state index contributed by atoms with van der Waals surface area (Å²) in [7, 11) is 3.38. The van der Waals surface area contributed by atoms with Crippen LogP contribution in [0.4, 0.5) is 0 Å². The van der Waals surface area contributed by atoms with E-state index in [-0.39, 0.29) is 11.5 Å². The summed E-state index contributed by atoms with van der Waals surface area (Å²) in [4.78, 5) is 4.34. The molecule has 0 rings (SSSR count). The van der Waals surface area contributed by atoms with Crippen molar-refractivity contribution < 1.29 is 9.47 Å². The van der Waals surface area contributed by atoms with Crippen LogP contribution >= 0.6 is 0 Å². The number of guanidine groups is 1. The Labute approximate surface area is 105 Å². The molecule has 0 saturated carbocycles. The number of methoxy groups -OCH3 is 2. The Morgan fingerprint density at radius 3 is 2.53 bits per heavy atom. The van der Waals surface area contributed by atoms with Gasteiger partial charge in [0.05, 0.1) is 6.61 Å². The Hall–Kier alpha value is -0.810. The minimum atomic E-state index is 0.104. The first-order valence-electron chi connectivity index (χ1n) is 5.95. The van der Waals surface area contributed by atoms with Gasteiger partial charge in [-0.1, -0.05) is 13.8 Å². The van der Waals surface area contributed by atoms with Gasteiger partial charge in [-0.2, -0.15) is 0 Å². The van der Waals surface area contributed by atoms with E-state index < -0.39 is 0 Å². The smallest absolute Gasteiger partial charge is 0.188 e. The molecule has 0 saturated heterocycles. The van der Waals surface area contributed by atoms with E-state index in [0.717, 1.165) is 13.0 Å². The van der Waals surface area contributed by atoms with E-state index in [1.54, 1.807) is 14.2 Å². The molecule has 17 heavy (non-hydrogen) atoms. The van der Waals surface area contributed by atoms with Crippen molar-refractivity contribution in [2.24, 2.45) is 16.1 Å². The van der Waals surface area contributed by atoms with Crippen LogP contribution in [0.2, 0.25) is 0 Å². The zero-order chi connectivity index (χ0) is 13.3. The van der Waals surface area contributed by atoms with Gasteiger partial charge in [-0.25, -0.2) is 0 Å². The lowest BCUT2D eigenvalue weighted by molar-refractivity contribution is 0.155. The van der Waals surface area contributed by atoms with Crippen LogP contribution in [-0.2, 0) is 9.47 Å². The second-order valence-corrected chi connectivity index (χ2v) is 5.11. The molecule has 102 valence electrons. The molecule has 1 unspecified atom stereocenters. The Morgan fingerprint density at radius 1 is 1.35 bits per heavy atom. The Bertz CT molecular complexity index is 230. The summed E-state index contributed by atoms with van der Waals surface area (Å²) >= 11 is 0. The maximum atomic E-state index is 5.79. The van der Waals surface area contributed by atoms with Gasteiger partial charge in [0.15, 0.2) is 5.96 Å². The van der Waals surface area contributed by atoms with E-state index in [1.165, 1.54) is 0 Å². The number of hydrogen-bond donors (Lipinski definition) is 2. The normalized spacial score (nSPS) is 14.8. The maximum absolute atomic E-state index is 5.79. The topological polar surface area (TPSA) is 68.9 Å². The van der Waals surface area contributed by atoms with Gasteiger partial charge < -0.3 is 20.5 Å². The van der Waals surface area contributed by atoms with Crippen molar-refractivity contribution in [2.75, 3.05) is 34.0 Å². The van der Waals surface area contributed by atoms with Gasteiger partial charge in [-0.3, -0.25) is 4.99 Å². The lowest BCUT2D eigenvalue weighted by Gasteiger charge is -2.22. The zero-order valence-corrected chi connectivity index (χ0v) is 11.7. The van der Waals surface area contributed by atoms with Crippen molar-refractivity contribution in [3.63, 3.8) is 0 Å². The Morgan fingerprint density at radius 2 is 2.00 bits per heavy atom. The third kappa shape index (κ3) is 8.94. The Kier molecular flexibility index (Phi) is 7.91. The molecule has 0 aliphatic carbocycles. The highest BCUT2D eigenvalue weighted by molar-refractivity contribution is 5.78. The highest BCUT2D eigenvalue weighted by atomic mass is 16.5. The van der Waals surface area contributed by atoms with Gasteiger partial charge in [0.1, 0.15) is 0 Å². The number of hydrogen-bond acceptors (Lipinski definition) is 3. The molecule has 0 aliphatic rings. The molecule has 0 amide bonds. The first-order chi connectivity index (χ1) is 7.91. The van der Waals surface area contributed by atoms with Crippen LogP contribution < -0.4 is 11.1 Å². The van der Waals surface area contributed by atoms with E-state index in [9.17, 15) is 0 Å². The van der Waals surface area contributed by atoms with Crippen molar-refractivity contribution in [3.8, 4) is 0 Å². The van der Waals surface area contributed by atoms with Crippen molar-refractivity contribution in [1.29, 1.82) is 0 Å². The van der Waals surface area contributed by atoms with Crippen LogP contribution in [0.5, 0.6) is 0 Å². The van der Waals surface area contributed by atoms with Crippen molar-refractivity contribution in [3.05, 3.63) is 0 Å². The molecule has 5 heteroatoms.